The summed E-state index contributed by atoms with van der Waals surface area (Å²) in [6.45, 7) is 7.51. The highest BCUT2D eigenvalue weighted by Gasteiger charge is 2.28. The zero-order valence-electron chi connectivity index (χ0n) is 16.8. The molecule has 0 amide bonds. The quantitative estimate of drug-likeness (QED) is 0.551. The van der Waals surface area contributed by atoms with E-state index in [0.29, 0.717) is 35.9 Å². The Hall–Kier alpha value is -2.90. The fraction of sp³-hybridized carbons (Fsp3) is 0.364. The Bertz CT molecular complexity index is 1190. The molecule has 1 aliphatic rings. The number of H-pyrrole nitrogens is 1. The predicted octanol–water partition coefficient (Wildman–Crippen LogP) is 3.82. The molecule has 7 heteroatoms. The van der Waals surface area contributed by atoms with E-state index in [2.05, 4.69) is 16.8 Å². The SMILES string of the molecule is C[C@@H]1COCCN1c1nc(-c2cccc3[nH]ccc23)nc2cc(C(C)(C)O)oc12. The second-order valence-corrected chi connectivity index (χ2v) is 8.12. The van der Waals surface area contributed by atoms with Crippen LogP contribution in [0.4, 0.5) is 5.82 Å². The van der Waals surface area contributed by atoms with Crippen LogP contribution in [0.1, 0.15) is 26.5 Å². The number of morpholine rings is 1. The zero-order chi connectivity index (χ0) is 20.2. The van der Waals surface area contributed by atoms with Gasteiger partial charge in [0, 0.05) is 35.3 Å². The largest absolute Gasteiger partial charge is 0.452 e. The Balaban J connectivity index is 1.76. The molecule has 1 saturated heterocycles. The third-order valence-electron chi connectivity index (χ3n) is 5.43. The van der Waals surface area contributed by atoms with E-state index in [1.165, 1.54) is 0 Å². The normalized spacial score (nSPS) is 18.1. The van der Waals surface area contributed by atoms with Crippen LogP contribution < -0.4 is 4.90 Å². The van der Waals surface area contributed by atoms with E-state index in [9.17, 15) is 5.11 Å². The lowest BCUT2D eigenvalue weighted by Gasteiger charge is -2.34. The maximum atomic E-state index is 10.5. The van der Waals surface area contributed by atoms with Crippen LogP contribution in [0.2, 0.25) is 0 Å². The number of nitrogens with one attached hydrogen (secondary N) is 1. The maximum absolute atomic E-state index is 10.5. The minimum absolute atomic E-state index is 0.161. The summed E-state index contributed by atoms with van der Waals surface area (Å²) in [6, 6.07) is 10.1. The van der Waals surface area contributed by atoms with Gasteiger partial charge in [-0.05, 0) is 32.9 Å². The van der Waals surface area contributed by atoms with Crippen LogP contribution in [0.3, 0.4) is 0 Å². The van der Waals surface area contributed by atoms with Gasteiger partial charge in [-0.1, -0.05) is 12.1 Å². The molecule has 7 nitrogen and oxygen atoms in total. The Morgan fingerprint density at radius 2 is 2.10 bits per heavy atom. The number of hydrogen-bond donors (Lipinski definition) is 2. The lowest BCUT2D eigenvalue weighted by atomic mass is 10.1. The van der Waals surface area contributed by atoms with Gasteiger partial charge in [-0.25, -0.2) is 9.97 Å². The van der Waals surface area contributed by atoms with Crippen LogP contribution >= 0.6 is 0 Å². The van der Waals surface area contributed by atoms with Gasteiger partial charge in [-0.3, -0.25) is 0 Å². The molecule has 4 aromatic rings. The van der Waals surface area contributed by atoms with Gasteiger partial charge in [-0.2, -0.15) is 0 Å². The Kier molecular flexibility index (Phi) is 4.11. The van der Waals surface area contributed by atoms with Crippen molar-refractivity contribution in [3.05, 3.63) is 42.3 Å². The monoisotopic (exact) mass is 392 g/mol. The summed E-state index contributed by atoms with van der Waals surface area (Å²) in [5.41, 5.74) is 2.18. The van der Waals surface area contributed by atoms with E-state index in [1.807, 2.05) is 36.5 Å². The zero-order valence-corrected chi connectivity index (χ0v) is 16.8. The number of hydrogen-bond acceptors (Lipinski definition) is 6. The first-order valence-electron chi connectivity index (χ1n) is 9.87. The molecule has 3 aromatic heterocycles. The Morgan fingerprint density at radius 1 is 1.24 bits per heavy atom. The highest BCUT2D eigenvalue weighted by atomic mass is 16.5. The Labute approximate surface area is 168 Å². The standard InChI is InChI=1S/C22H24N4O3/c1-13-12-28-10-9-26(13)21-19-17(11-18(29-19)22(2,3)27)24-20(25-21)15-5-4-6-16-14(15)7-8-23-16/h4-8,11,13,23,27H,9-10,12H2,1-3H3/t13-/m1/s1. The summed E-state index contributed by atoms with van der Waals surface area (Å²) in [5, 5.41) is 11.5. The first-order chi connectivity index (χ1) is 13.9. The molecular formula is C22H24N4O3. The first kappa shape index (κ1) is 18.1. The average Bonchev–Trinajstić information content (AvgIpc) is 3.34. The fourth-order valence-electron chi connectivity index (χ4n) is 3.85. The molecule has 29 heavy (non-hydrogen) atoms. The van der Waals surface area contributed by atoms with Crippen molar-refractivity contribution in [3.63, 3.8) is 0 Å². The van der Waals surface area contributed by atoms with Crippen LogP contribution in [-0.2, 0) is 10.3 Å². The summed E-state index contributed by atoms with van der Waals surface area (Å²) in [5.74, 6) is 1.85. The summed E-state index contributed by atoms with van der Waals surface area (Å²) < 4.78 is 11.7. The van der Waals surface area contributed by atoms with Gasteiger partial charge in [0.1, 0.15) is 16.9 Å². The number of aromatic amines is 1. The Morgan fingerprint density at radius 3 is 2.90 bits per heavy atom. The highest BCUT2D eigenvalue weighted by Crippen LogP contribution is 2.36. The maximum Gasteiger partial charge on any atom is 0.195 e. The van der Waals surface area contributed by atoms with Gasteiger partial charge in [0.15, 0.2) is 17.2 Å². The molecule has 0 saturated carbocycles. The van der Waals surface area contributed by atoms with E-state index < -0.39 is 5.60 Å². The molecule has 1 aliphatic heterocycles. The summed E-state index contributed by atoms with van der Waals surface area (Å²) in [7, 11) is 0. The van der Waals surface area contributed by atoms with Gasteiger partial charge in [0.05, 0.1) is 19.3 Å². The van der Waals surface area contributed by atoms with E-state index >= 15 is 0 Å². The molecule has 5 rings (SSSR count). The number of aliphatic hydroxyl groups is 1. The first-order valence-corrected chi connectivity index (χ1v) is 9.87. The van der Waals surface area contributed by atoms with Crippen molar-refractivity contribution in [2.24, 2.45) is 0 Å². The number of benzene rings is 1. The molecule has 0 aliphatic carbocycles. The summed E-state index contributed by atoms with van der Waals surface area (Å²) >= 11 is 0. The van der Waals surface area contributed by atoms with E-state index in [-0.39, 0.29) is 6.04 Å². The molecule has 1 fully saturated rings. The third-order valence-corrected chi connectivity index (χ3v) is 5.43. The van der Waals surface area contributed by atoms with Gasteiger partial charge >= 0.3 is 0 Å². The summed E-state index contributed by atoms with van der Waals surface area (Å²) in [6.07, 6.45) is 1.92. The number of rotatable bonds is 3. The highest BCUT2D eigenvalue weighted by molar-refractivity contribution is 5.95. The topological polar surface area (TPSA) is 87.4 Å². The van der Waals surface area contributed by atoms with Crippen molar-refractivity contribution in [3.8, 4) is 11.4 Å². The van der Waals surface area contributed by atoms with E-state index in [1.54, 1.807) is 13.8 Å². The number of aromatic nitrogens is 3. The minimum atomic E-state index is -1.10. The van der Waals surface area contributed by atoms with Gasteiger partial charge < -0.3 is 24.1 Å². The lowest BCUT2D eigenvalue weighted by molar-refractivity contribution is 0.0558. The minimum Gasteiger partial charge on any atom is -0.452 e. The molecule has 150 valence electrons. The van der Waals surface area contributed by atoms with Gasteiger partial charge in [0.25, 0.3) is 0 Å². The van der Waals surface area contributed by atoms with Gasteiger partial charge in [-0.15, -0.1) is 0 Å². The smallest absolute Gasteiger partial charge is 0.195 e. The van der Waals surface area contributed by atoms with Crippen molar-refractivity contribution in [1.29, 1.82) is 0 Å². The molecule has 0 radical (unpaired) electrons. The van der Waals surface area contributed by atoms with Crippen LogP contribution in [-0.4, -0.2) is 45.9 Å². The van der Waals surface area contributed by atoms with Crippen molar-refractivity contribution < 1.29 is 14.3 Å². The van der Waals surface area contributed by atoms with Crippen LogP contribution in [0.15, 0.2) is 40.9 Å². The number of furan rings is 1. The molecule has 0 spiro atoms. The lowest BCUT2D eigenvalue weighted by Crippen LogP contribution is -2.44. The third kappa shape index (κ3) is 3.07. The van der Waals surface area contributed by atoms with Crippen LogP contribution in [0.5, 0.6) is 0 Å². The molecule has 2 N–H and O–H groups in total. The fourth-order valence-corrected chi connectivity index (χ4v) is 3.85. The second-order valence-electron chi connectivity index (χ2n) is 8.12. The van der Waals surface area contributed by atoms with Crippen LogP contribution in [0.25, 0.3) is 33.4 Å². The number of anilines is 1. The molecule has 0 bridgehead atoms. The van der Waals surface area contributed by atoms with E-state index in [0.717, 1.165) is 28.8 Å². The van der Waals surface area contributed by atoms with Crippen LogP contribution in [0, 0.1) is 0 Å². The summed E-state index contributed by atoms with van der Waals surface area (Å²) in [4.78, 5) is 15.2. The molecule has 1 atom stereocenters. The van der Waals surface area contributed by atoms with Gasteiger partial charge in [0.2, 0.25) is 0 Å². The molecule has 0 unspecified atom stereocenters. The van der Waals surface area contributed by atoms with Crippen molar-refractivity contribution in [1.82, 2.24) is 15.0 Å². The van der Waals surface area contributed by atoms with Crippen molar-refractivity contribution in [2.45, 2.75) is 32.4 Å². The number of ether oxygens (including phenoxy) is 1. The molecular weight excluding hydrogens is 368 g/mol. The average molecular weight is 392 g/mol. The van der Waals surface area contributed by atoms with E-state index in [4.69, 9.17) is 19.1 Å². The van der Waals surface area contributed by atoms with Crippen molar-refractivity contribution >= 4 is 27.8 Å². The number of fused-ring (bicyclic) bond motifs is 2. The molecule has 1 aromatic carbocycles. The van der Waals surface area contributed by atoms with Crippen molar-refractivity contribution in [2.75, 3.05) is 24.7 Å². The second kappa shape index (κ2) is 6.57. The number of nitrogens with zero attached hydrogens (tertiary/aromatic N) is 3. The molecule has 4 heterocycles. The predicted molar refractivity (Wildman–Crippen MR) is 112 cm³/mol.